The molecule has 29 heavy (non-hydrogen) atoms. The molecule has 3 aromatic carbocycles. The second-order valence-corrected chi connectivity index (χ2v) is 7.99. The highest BCUT2D eigenvalue weighted by Crippen LogP contribution is 2.25. The fourth-order valence-electron chi connectivity index (χ4n) is 3.52. The Morgan fingerprint density at radius 3 is 2.72 bits per heavy atom. The largest absolute Gasteiger partial charge is 0.422 e. The predicted octanol–water partition coefficient (Wildman–Crippen LogP) is 4.55. The third-order valence-corrected chi connectivity index (χ3v) is 6.13. The molecule has 0 aliphatic rings. The standard InChI is InChI=1S/C23H16N2O3S/c1-13-7-9-18-20(11-13)29-23(25(18)2)24-21(26)17-12-16-15-6-4-3-5-14(15)8-10-19(16)28-22(17)27/h3-12H,1-2H3. The quantitative estimate of drug-likeness (QED) is 0.306. The van der Waals surface area contributed by atoms with Gasteiger partial charge in [0.2, 0.25) is 0 Å². The van der Waals surface area contributed by atoms with Crippen molar-refractivity contribution in [1.82, 2.24) is 4.57 Å². The third-order valence-electron chi connectivity index (χ3n) is 5.03. The average molecular weight is 400 g/mol. The minimum absolute atomic E-state index is 0.0671. The third kappa shape index (κ3) is 2.89. The zero-order valence-electron chi connectivity index (χ0n) is 15.8. The van der Waals surface area contributed by atoms with Crippen LogP contribution in [0, 0.1) is 6.92 Å². The summed E-state index contributed by atoms with van der Waals surface area (Å²) in [6, 6.07) is 19.1. The Balaban J connectivity index is 1.71. The molecule has 0 N–H and O–H groups in total. The van der Waals surface area contributed by atoms with E-state index in [2.05, 4.69) is 11.1 Å². The Labute approximate surface area is 169 Å². The summed E-state index contributed by atoms with van der Waals surface area (Å²) in [5.41, 5.74) is 1.83. The summed E-state index contributed by atoms with van der Waals surface area (Å²) in [5.74, 6) is -0.604. The smallest absolute Gasteiger partial charge is 0.349 e. The van der Waals surface area contributed by atoms with Crippen molar-refractivity contribution < 1.29 is 9.21 Å². The van der Waals surface area contributed by atoms with E-state index in [1.165, 1.54) is 11.3 Å². The number of aryl methyl sites for hydroxylation is 2. The van der Waals surface area contributed by atoms with Crippen LogP contribution < -0.4 is 10.4 Å². The van der Waals surface area contributed by atoms with E-state index in [1.807, 2.05) is 61.0 Å². The number of thiazole rings is 1. The van der Waals surface area contributed by atoms with E-state index in [0.29, 0.717) is 10.4 Å². The van der Waals surface area contributed by atoms with Gasteiger partial charge in [-0.1, -0.05) is 47.7 Å². The first kappa shape index (κ1) is 17.6. The van der Waals surface area contributed by atoms with Crippen LogP contribution in [-0.4, -0.2) is 10.5 Å². The first-order valence-corrected chi connectivity index (χ1v) is 9.94. The maximum atomic E-state index is 12.9. The van der Waals surface area contributed by atoms with Crippen LogP contribution >= 0.6 is 11.3 Å². The van der Waals surface area contributed by atoms with Gasteiger partial charge in [-0.05, 0) is 47.5 Å². The zero-order valence-corrected chi connectivity index (χ0v) is 16.6. The number of rotatable bonds is 1. The first-order valence-electron chi connectivity index (χ1n) is 9.12. The van der Waals surface area contributed by atoms with E-state index in [0.717, 1.165) is 31.9 Å². The lowest BCUT2D eigenvalue weighted by atomic mass is 10.0. The van der Waals surface area contributed by atoms with E-state index >= 15 is 0 Å². The van der Waals surface area contributed by atoms with Gasteiger partial charge in [0.05, 0.1) is 10.2 Å². The molecule has 0 aliphatic carbocycles. The summed E-state index contributed by atoms with van der Waals surface area (Å²) in [7, 11) is 1.86. The number of benzene rings is 3. The number of aromatic nitrogens is 1. The topological polar surface area (TPSA) is 64.6 Å². The number of carbonyl (C=O) groups is 1. The van der Waals surface area contributed by atoms with Gasteiger partial charge in [0.15, 0.2) is 4.80 Å². The van der Waals surface area contributed by atoms with Crippen LogP contribution in [0.2, 0.25) is 0 Å². The molecule has 0 aliphatic heterocycles. The van der Waals surface area contributed by atoms with Gasteiger partial charge in [-0.15, -0.1) is 0 Å². The lowest BCUT2D eigenvalue weighted by Gasteiger charge is -2.03. The molecular formula is C23H16N2O3S. The molecule has 5 aromatic rings. The van der Waals surface area contributed by atoms with Crippen LogP contribution in [0.5, 0.6) is 0 Å². The van der Waals surface area contributed by atoms with Gasteiger partial charge in [0.1, 0.15) is 11.1 Å². The molecule has 5 rings (SSSR count). The van der Waals surface area contributed by atoms with Crippen molar-refractivity contribution in [2.24, 2.45) is 12.0 Å². The van der Waals surface area contributed by atoms with Crippen LogP contribution in [0.3, 0.4) is 0 Å². The lowest BCUT2D eigenvalue weighted by Crippen LogP contribution is -2.17. The molecule has 0 unspecified atom stereocenters. The molecule has 0 bridgehead atoms. The molecule has 2 aromatic heterocycles. The van der Waals surface area contributed by atoms with Crippen LogP contribution in [0.1, 0.15) is 15.9 Å². The molecule has 1 amide bonds. The number of nitrogens with zero attached hydrogens (tertiary/aromatic N) is 2. The molecule has 0 saturated carbocycles. The van der Waals surface area contributed by atoms with Gasteiger partial charge in [-0.3, -0.25) is 4.79 Å². The van der Waals surface area contributed by atoms with Crippen molar-refractivity contribution in [3.63, 3.8) is 0 Å². The molecule has 0 spiro atoms. The maximum absolute atomic E-state index is 12.9. The molecule has 2 heterocycles. The Bertz CT molecular complexity index is 1570. The monoisotopic (exact) mass is 400 g/mol. The summed E-state index contributed by atoms with van der Waals surface area (Å²) in [4.78, 5) is 30.1. The molecule has 142 valence electrons. The van der Waals surface area contributed by atoms with Crippen LogP contribution in [0.15, 0.2) is 74.9 Å². The molecular weight excluding hydrogens is 384 g/mol. The first-order chi connectivity index (χ1) is 14.0. The van der Waals surface area contributed by atoms with Crippen LogP contribution in [0.4, 0.5) is 0 Å². The van der Waals surface area contributed by atoms with Gasteiger partial charge in [0.25, 0.3) is 5.91 Å². The van der Waals surface area contributed by atoms with E-state index < -0.39 is 11.5 Å². The van der Waals surface area contributed by atoms with Gasteiger partial charge in [-0.2, -0.15) is 4.99 Å². The van der Waals surface area contributed by atoms with Gasteiger partial charge < -0.3 is 8.98 Å². The highest BCUT2D eigenvalue weighted by atomic mass is 32.1. The minimum Gasteiger partial charge on any atom is -0.422 e. The average Bonchev–Trinajstić information content (AvgIpc) is 3.01. The van der Waals surface area contributed by atoms with E-state index in [-0.39, 0.29) is 5.56 Å². The Kier molecular flexibility index (Phi) is 3.96. The minimum atomic E-state index is -0.680. The number of hydrogen-bond acceptors (Lipinski definition) is 4. The molecule has 0 fully saturated rings. The van der Waals surface area contributed by atoms with Crippen molar-refractivity contribution >= 4 is 49.2 Å². The Hall–Kier alpha value is -3.51. The van der Waals surface area contributed by atoms with Crippen LogP contribution in [-0.2, 0) is 7.05 Å². The van der Waals surface area contributed by atoms with Gasteiger partial charge >= 0.3 is 5.63 Å². The second-order valence-electron chi connectivity index (χ2n) is 6.98. The summed E-state index contributed by atoms with van der Waals surface area (Å²) in [5, 5.41) is 2.65. The van der Waals surface area contributed by atoms with Crippen molar-refractivity contribution in [2.45, 2.75) is 6.92 Å². The summed E-state index contributed by atoms with van der Waals surface area (Å²) < 4.78 is 8.32. The Morgan fingerprint density at radius 2 is 1.86 bits per heavy atom. The molecule has 0 saturated heterocycles. The van der Waals surface area contributed by atoms with Gasteiger partial charge in [0, 0.05) is 12.4 Å². The number of fused-ring (bicyclic) bond motifs is 4. The fourth-order valence-corrected chi connectivity index (χ4v) is 4.63. The highest BCUT2D eigenvalue weighted by Gasteiger charge is 2.15. The molecule has 5 nitrogen and oxygen atoms in total. The highest BCUT2D eigenvalue weighted by molar-refractivity contribution is 7.16. The van der Waals surface area contributed by atoms with E-state index in [4.69, 9.17) is 4.42 Å². The zero-order chi connectivity index (χ0) is 20.1. The van der Waals surface area contributed by atoms with Crippen molar-refractivity contribution in [1.29, 1.82) is 0 Å². The van der Waals surface area contributed by atoms with E-state index in [1.54, 1.807) is 12.1 Å². The predicted molar refractivity (Wildman–Crippen MR) is 115 cm³/mol. The number of hydrogen-bond donors (Lipinski definition) is 0. The molecule has 6 heteroatoms. The normalized spacial score (nSPS) is 12.3. The fraction of sp³-hybridized carbons (Fsp3) is 0.0870. The van der Waals surface area contributed by atoms with Crippen molar-refractivity contribution in [3.8, 4) is 0 Å². The molecule has 0 radical (unpaired) electrons. The number of amides is 1. The second kappa shape index (κ2) is 6.53. The maximum Gasteiger partial charge on any atom is 0.349 e. The van der Waals surface area contributed by atoms with Crippen LogP contribution in [0.25, 0.3) is 32.0 Å². The van der Waals surface area contributed by atoms with Gasteiger partial charge in [-0.25, -0.2) is 4.79 Å². The SMILES string of the molecule is Cc1ccc2c(c1)sc(=NC(=O)c1cc3c(ccc4ccccc43)oc1=O)n2C. The van der Waals surface area contributed by atoms with Crippen molar-refractivity contribution in [2.75, 3.05) is 0 Å². The number of carbonyl (C=O) groups excluding carboxylic acids is 1. The van der Waals surface area contributed by atoms with Crippen molar-refractivity contribution in [3.05, 3.63) is 87.0 Å². The van der Waals surface area contributed by atoms with E-state index in [9.17, 15) is 9.59 Å². The summed E-state index contributed by atoms with van der Waals surface area (Å²) in [6.07, 6.45) is 0. The molecule has 0 atom stereocenters. The summed E-state index contributed by atoms with van der Waals surface area (Å²) >= 11 is 1.42. The lowest BCUT2D eigenvalue weighted by molar-refractivity contribution is 0.0994. The Morgan fingerprint density at radius 1 is 1.03 bits per heavy atom. The summed E-state index contributed by atoms with van der Waals surface area (Å²) in [6.45, 7) is 2.02.